The summed E-state index contributed by atoms with van der Waals surface area (Å²) in [5, 5.41) is 16.0. The Kier molecular flexibility index (Phi) is 5.76. The third-order valence-electron chi connectivity index (χ3n) is 4.38. The van der Waals surface area contributed by atoms with Crippen molar-refractivity contribution >= 4 is 5.91 Å². The largest absolute Gasteiger partial charge is 0.394 e. The molecule has 1 aromatic carbocycles. The van der Waals surface area contributed by atoms with E-state index < -0.39 is 5.54 Å². The van der Waals surface area contributed by atoms with E-state index in [0.717, 1.165) is 37.9 Å². The third-order valence-corrected chi connectivity index (χ3v) is 4.38. The SMILES string of the molecule is CC(CO)(NC(=O)CCC1CCNCC1)c1ccccc1. The summed E-state index contributed by atoms with van der Waals surface area (Å²) in [4.78, 5) is 12.2. The topological polar surface area (TPSA) is 61.4 Å². The molecule has 0 aromatic heterocycles. The fourth-order valence-corrected chi connectivity index (χ4v) is 2.88. The number of carbonyl (C=O) groups excluding carboxylic acids is 1. The number of rotatable bonds is 6. The average molecular weight is 290 g/mol. The maximum Gasteiger partial charge on any atom is 0.220 e. The summed E-state index contributed by atoms with van der Waals surface area (Å²) in [6.45, 7) is 3.89. The fraction of sp³-hybridized carbons (Fsp3) is 0.588. The molecule has 21 heavy (non-hydrogen) atoms. The molecular weight excluding hydrogens is 264 g/mol. The minimum absolute atomic E-state index is 0.0222. The van der Waals surface area contributed by atoms with Crippen LogP contribution in [-0.4, -0.2) is 30.7 Å². The van der Waals surface area contributed by atoms with E-state index in [1.54, 1.807) is 0 Å². The predicted octanol–water partition coefficient (Wildman–Crippen LogP) is 1.79. The summed E-state index contributed by atoms with van der Waals surface area (Å²) in [7, 11) is 0. The molecule has 1 saturated heterocycles. The number of aliphatic hydroxyl groups excluding tert-OH is 1. The van der Waals surface area contributed by atoms with Crippen LogP contribution in [0.15, 0.2) is 30.3 Å². The van der Waals surface area contributed by atoms with E-state index in [9.17, 15) is 9.90 Å². The van der Waals surface area contributed by atoms with Crippen LogP contribution < -0.4 is 10.6 Å². The van der Waals surface area contributed by atoms with E-state index >= 15 is 0 Å². The summed E-state index contributed by atoms with van der Waals surface area (Å²) in [5.41, 5.74) is 0.231. The number of hydrogen-bond donors (Lipinski definition) is 3. The monoisotopic (exact) mass is 290 g/mol. The molecule has 1 amide bonds. The van der Waals surface area contributed by atoms with Crippen LogP contribution in [0.4, 0.5) is 0 Å². The number of piperidine rings is 1. The number of benzene rings is 1. The molecule has 3 N–H and O–H groups in total. The van der Waals surface area contributed by atoms with Gasteiger partial charge in [0, 0.05) is 6.42 Å². The number of aliphatic hydroxyl groups is 1. The van der Waals surface area contributed by atoms with Crippen molar-refractivity contribution in [3.63, 3.8) is 0 Å². The summed E-state index contributed by atoms with van der Waals surface area (Å²) in [5.74, 6) is 0.669. The maximum absolute atomic E-state index is 12.2. The Morgan fingerprint density at radius 1 is 1.33 bits per heavy atom. The lowest BCUT2D eigenvalue weighted by Gasteiger charge is -2.30. The maximum atomic E-state index is 12.2. The lowest BCUT2D eigenvalue weighted by atomic mass is 9.91. The van der Waals surface area contributed by atoms with Gasteiger partial charge in [-0.2, -0.15) is 0 Å². The van der Waals surface area contributed by atoms with Crippen LogP contribution in [0.5, 0.6) is 0 Å². The quantitative estimate of drug-likeness (QED) is 0.748. The summed E-state index contributed by atoms with van der Waals surface area (Å²) < 4.78 is 0. The van der Waals surface area contributed by atoms with Gasteiger partial charge in [0.25, 0.3) is 0 Å². The fourth-order valence-electron chi connectivity index (χ4n) is 2.88. The van der Waals surface area contributed by atoms with Gasteiger partial charge in [-0.3, -0.25) is 4.79 Å². The second-order valence-electron chi connectivity index (χ2n) is 6.14. The van der Waals surface area contributed by atoms with Gasteiger partial charge in [-0.05, 0) is 50.8 Å². The Bertz CT molecular complexity index is 443. The Morgan fingerprint density at radius 2 is 2.00 bits per heavy atom. The zero-order valence-corrected chi connectivity index (χ0v) is 12.8. The number of nitrogens with one attached hydrogen (secondary N) is 2. The zero-order chi connectivity index (χ0) is 15.1. The van der Waals surface area contributed by atoms with Gasteiger partial charge in [0.15, 0.2) is 0 Å². The van der Waals surface area contributed by atoms with E-state index in [-0.39, 0.29) is 12.5 Å². The molecule has 0 bridgehead atoms. The molecule has 1 aliphatic heterocycles. The first-order valence-corrected chi connectivity index (χ1v) is 7.82. The number of carbonyl (C=O) groups is 1. The van der Waals surface area contributed by atoms with Gasteiger partial charge < -0.3 is 15.7 Å². The zero-order valence-electron chi connectivity index (χ0n) is 12.8. The molecule has 1 aliphatic rings. The van der Waals surface area contributed by atoms with Crippen LogP contribution in [0.3, 0.4) is 0 Å². The van der Waals surface area contributed by atoms with Gasteiger partial charge in [0.05, 0.1) is 12.1 Å². The van der Waals surface area contributed by atoms with Crippen molar-refractivity contribution < 1.29 is 9.90 Å². The van der Waals surface area contributed by atoms with Crippen molar-refractivity contribution in [1.82, 2.24) is 10.6 Å². The molecular formula is C17H26N2O2. The Hall–Kier alpha value is -1.39. The van der Waals surface area contributed by atoms with Gasteiger partial charge in [-0.25, -0.2) is 0 Å². The van der Waals surface area contributed by atoms with Gasteiger partial charge in [0.1, 0.15) is 0 Å². The molecule has 0 saturated carbocycles. The van der Waals surface area contributed by atoms with E-state index in [2.05, 4.69) is 10.6 Å². The molecule has 1 fully saturated rings. The second-order valence-corrected chi connectivity index (χ2v) is 6.14. The van der Waals surface area contributed by atoms with E-state index in [1.807, 2.05) is 37.3 Å². The van der Waals surface area contributed by atoms with Crippen molar-refractivity contribution in [1.29, 1.82) is 0 Å². The van der Waals surface area contributed by atoms with Crippen molar-refractivity contribution in [3.8, 4) is 0 Å². The molecule has 1 atom stereocenters. The summed E-state index contributed by atoms with van der Waals surface area (Å²) >= 11 is 0. The lowest BCUT2D eigenvalue weighted by molar-refractivity contribution is -0.123. The third kappa shape index (κ3) is 4.55. The van der Waals surface area contributed by atoms with E-state index in [0.29, 0.717) is 12.3 Å². The first-order valence-electron chi connectivity index (χ1n) is 7.82. The minimum atomic E-state index is -0.702. The van der Waals surface area contributed by atoms with Crippen LogP contribution in [-0.2, 0) is 10.3 Å². The molecule has 0 radical (unpaired) electrons. The van der Waals surface area contributed by atoms with Crippen LogP contribution in [0.2, 0.25) is 0 Å². The molecule has 1 heterocycles. The highest BCUT2D eigenvalue weighted by atomic mass is 16.3. The van der Waals surface area contributed by atoms with Gasteiger partial charge in [-0.15, -0.1) is 0 Å². The van der Waals surface area contributed by atoms with E-state index in [4.69, 9.17) is 0 Å². The van der Waals surface area contributed by atoms with Crippen LogP contribution in [0.1, 0.15) is 38.2 Å². The minimum Gasteiger partial charge on any atom is -0.394 e. The molecule has 1 aromatic rings. The molecule has 0 aliphatic carbocycles. The van der Waals surface area contributed by atoms with Gasteiger partial charge in [0.2, 0.25) is 5.91 Å². The van der Waals surface area contributed by atoms with E-state index in [1.165, 1.54) is 0 Å². The Balaban J connectivity index is 1.87. The average Bonchev–Trinajstić information content (AvgIpc) is 2.54. The van der Waals surface area contributed by atoms with Crippen molar-refractivity contribution in [2.45, 2.75) is 38.1 Å². The standard InChI is InChI=1S/C17H26N2O2/c1-17(13-20,15-5-3-2-4-6-15)19-16(21)8-7-14-9-11-18-12-10-14/h2-6,14,18,20H,7-13H2,1H3,(H,19,21). The first kappa shape index (κ1) is 16.0. The molecule has 1 unspecified atom stereocenters. The first-order chi connectivity index (χ1) is 10.1. The smallest absolute Gasteiger partial charge is 0.220 e. The van der Waals surface area contributed by atoms with Crippen LogP contribution in [0, 0.1) is 5.92 Å². The van der Waals surface area contributed by atoms with Crippen LogP contribution in [0.25, 0.3) is 0 Å². The predicted molar refractivity (Wildman–Crippen MR) is 83.9 cm³/mol. The number of hydrogen-bond acceptors (Lipinski definition) is 3. The summed E-state index contributed by atoms with van der Waals surface area (Å²) in [6, 6.07) is 9.64. The highest BCUT2D eigenvalue weighted by molar-refractivity contribution is 5.77. The normalized spacial score (nSPS) is 19.0. The van der Waals surface area contributed by atoms with Gasteiger partial charge >= 0.3 is 0 Å². The number of amides is 1. The van der Waals surface area contributed by atoms with Crippen molar-refractivity contribution in [3.05, 3.63) is 35.9 Å². The molecule has 4 heteroatoms. The van der Waals surface area contributed by atoms with Crippen molar-refractivity contribution in [2.75, 3.05) is 19.7 Å². The summed E-state index contributed by atoms with van der Waals surface area (Å²) in [6.07, 6.45) is 3.78. The molecule has 0 spiro atoms. The molecule has 116 valence electrons. The second kappa shape index (κ2) is 7.57. The van der Waals surface area contributed by atoms with Crippen molar-refractivity contribution in [2.24, 2.45) is 5.92 Å². The Morgan fingerprint density at radius 3 is 2.62 bits per heavy atom. The van der Waals surface area contributed by atoms with Gasteiger partial charge in [-0.1, -0.05) is 30.3 Å². The molecule has 4 nitrogen and oxygen atoms in total. The van der Waals surface area contributed by atoms with Crippen LogP contribution >= 0.6 is 0 Å². The highest BCUT2D eigenvalue weighted by Gasteiger charge is 2.27. The Labute approximate surface area is 126 Å². The highest BCUT2D eigenvalue weighted by Crippen LogP contribution is 2.21. The lowest BCUT2D eigenvalue weighted by Crippen LogP contribution is -2.46. The molecule has 2 rings (SSSR count).